The predicted molar refractivity (Wildman–Crippen MR) is 82.6 cm³/mol. The van der Waals surface area contributed by atoms with Gasteiger partial charge in [0.15, 0.2) is 5.84 Å². The number of aryl methyl sites for hydroxylation is 1. The van der Waals surface area contributed by atoms with Crippen LogP contribution in [0.15, 0.2) is 23.4 Å². The molecule has 0 spiro atoms. The predicted octanol–water partition coefficient (Wildman–Crippen LogP) is 1.62. The Balaban J connectivity index is 2.37. The van der Waals surface area contributed by atoms with E-state index in [2.05, 4.69) is 41.9 Å². The molecule has 5 nitrogen and oxygen atoms in total. The molecule has 1 aromatic carbocycles. The zero-order valence-electron chi connectivity index (χ0n) is 12.5. The number of rotatable bonds is 3. The van der Waals surface area contributed by atoms with E-state index in [0.29, 0.717) is 6.04 Å². The van der Waals surface area contributed by atoms with Crippen molar-refractivity contribution in [3.05, 3.63) is 29.3 Å². The third-order valence-electron chi connectivity index (χ3n) is 4.19. The van der Waals surface area contributed by atoms with E-state index in [-0.39, 0.29) is 5.84 Å². The van der Waals surface area contributed by atoms with Crippen molar-refractivity contribution in [1.82, 2.24) is 4.90 Å². The molecule has 20 heavy (non-hydrogen) atoms. The van der Waals surface area contributed by atoms with Crippen molar-refractivity contribution < 1.29 is 5.21 Å². The van der Waals surface area contributed by atoms with E-state index in [1.165, 1.54) is 0 Å². The lowest BCUT2D eigenvalue weighted by molar-refractivity contribution is 0.213. The average molecular weight is 276 g/mol. The van der Waals surface area contributed by atoms with E-state index in [9.17, 15) is 0 Å². The van der Waals surface area contributed by atoms with Crippen LogP contribution in [0.2, 0.25) is 0 Å². The molecular formula is C15H24N4O. The molecule has 1 aromatic rings. The fourth-order valence-electron chi connectivity index (χ4n) is 2.93. The number of hydrogen-bond acceptors (Lipinski definition) is 4. The van der Waals surface area contributed by atoms with Crippen LogP contribution < -0.4 is 10.6 Å². The highest BCUT2D eigenvalue weighted by Gasteiger charge is 2.25. The van der Waals surface area contributed by atoms with E-state index >= 15 is 0 Å². The first-order valence-electron chi connectivity index (χ1n) is 7.11. The van der Waals surface area contributed by atoms with Crippen LogP contribution in [-0.4, -0.2) is 48.7 Å². The topological polar surface area (TPSA) is 65.1 Å². The summed E-state index contributed by atoms with van der Waals surface area (Å²) in [5.74, 6) is 0.177. The summed E-state index contributed by atoms with van der Waals surface area (Å²) in [4.78, 5) is 4.76. The van der Waals surface area contributed by atoms with Crippen LogP contribution >= 0.6 is 0 Å². The summed E-state index contributed by atoms with van der Waals surface area (Å²) in [6.07, 6.45) is 1.12. The van der Waals surface area contributed by atoms with E-state index < -0.39 is 0 Å². The van der Waals surface area contributed by atoms with E-state index in [4.69, 9.17) is 10.9 Å². The molecule has 2 rings (SSSR count). The van der Waals surface area contributed by atoms with Crippen LogP contribution in [-0.2, 0) is 0 Å². The molecule has 5 heteroatoms. The van der Waals surface area contributed by atoms with Crippen molar-refractivity contribution in [2.75, 3.05) is 31.6 Å². The van der Waals surface area contributed by atoms with Gasteiger partial charge in [-0.15, -0.1) is 0 Å². The van der Waals surface area contributed by atoms with Crippen LogP contribution in [0.3, 0.4) is 0 Å². The highest BCUT2D eigenvalue weighted by Crippen LogP contribution is 2.27. The van der Waals surface area contributed by atoms with Gasteiger partial charge in [-0.1, -0.05) is 24.2 Å². The quantitative estimate of drug-likeness (QED) is 0.381. The third-order valence-corrected chi connectivity index (χ3v) is 4.19. The molecule has 0 aliphatic carbocycles. The lowest BCUT2D eigenvalue weighted by atomic mass is 10.0. The second-order valence-corrected chi connectivity index (χ2v) is 5.45. The van der Waals surface area contributed by atoms with Gasteiger partial charge in [0.05, 0.1) is 5.69 Å². The molecule has 1 heterocycles. The number of para-hydroxylation sites is 1. The first-order chi connectivity index (χ1) is 9.58. The number of anilines is 1. The molecule has 1 aliphatic heterocycles. The number of nitrogens with two attached hydrogens (primary N) is 1. The van der Waals surface area contributed by atoms with Crippen LogP contribution in [0, 0.1) is 6.92 Å². The summed E-state index contributed by atoms with van der Waals surface area (Å²) in [6.45, 7) is 7.26. The Bertz CT molecular complexity index is 501. The Morgan fingerprint density at radius 1 is 1.45 bits per heavy atom. The van der Waals surface area contributed by atoms with E-state index in [1.54, 1.807) is 0 Å². The van der Waals surface area contributed by atoms with Crippen molar-refractivity contribution in [3.8, 4) is 0 Å². The van der Waals surface area contributed by atoms with Crippen molar-refractivity contribution in [1.29, 1.82) is 0 Å². The highest BCUT2D eigenvalue weighted by molar-refractivity contribution is 6.02. The van der Waals surface area contributed by atoms with Gasteiger partial charge in [0.1, 0.15) is 0 Å². The van der Waals surface area contributed by atoms with Gasteiger partial charge in [-0.3, -0.25) is 4.90 Å². The van der Waals surface area contributed by atoms with E-state index in [0.717, 1.165) is 42.9 Å². The second kappa shape index (κ2) is 6.13. The molecule has 3 N–H and O–H groups in total. The number of amidine groups is 1. The highest BCUT2D eigenvalue weighted by atomic mass is 16.4. The number of likely N-dealkylation sites (N-methyl/N-ethyl adjacent to an activating group) is 1. The average Bonchev–Trinajstić information content (AvgIpc) is 2.47. The SMILES string of the molecule is CCC1CN(c2c(C)cccc2/C(N)=N/O)CCN1C. The minimum absolute atomic E-state index is 0.177. The van der Waals surface area contributed by atoms with Crippen LogP contribution in [0.25, 0.3) is 0 Å². The molecule has 0 aromatic heterocycles. The molecule has 0 amide bonds. The summed E-state index contributed by atoms with van der Waals surface area (Å²) < 4.78 is 0. The molecule has 1 atom stereocenters. The third kappa shape index (κ3) is 2.72. The Hall–Kier alpha value is -1.75. The van der Waals surface area contributed by atoms with Crippen LogP contribution in [0.5, 0.6) is 0 Å². The number of hydrogen-bond donors (Lipinski definition) is 2. The summed E-state index contributed by atoms with van der Waals surface area (Å²) >= 11 is 0. The van der Waals surface area contributed by atoms with Gasteiger partial charge in [0.2, 0.25) is 0 Å². The van der Waals surface area contributed by atoms with Gasteiger partial charge < -0.3 is 15.8 Å². The largest absolute Gasteiger partial charge is 0.409 e. The molecule has 1 fully saturated rings. The molecule has 1 aliphatic rings. The normalized spacial score (nSPS) is 21.2. The number of oxime groups is 1. The fraction of sp³-hybridized carbons (Fsp3) is 0.533. The van der Waals surface area contributed by atoms with Crippen LogP contribution in [0.1, 0.15) is 24.5 Å². The maximum atomic E-state index is 8.98. The number of nitrogens with zero attached hydrogens (tertiary/aromatic N) is 3. The Morgan fingerprint density at radius 2 is 2.20 bits per heavy atom. The fourth-order valence-corrected chi connectivity index (χ4v) is 2.93. The van der Waals surface area contributed by atoms with Crippen molar-refractivity contribution in [2.45, 2.75) is 26.3 Å². The van der Waals surface area contributed by atoms with Gasteiger partial charge in [-0.05, 0) is 32.0 Å². The lowest BCUT2D eigenvalue weighted by Gasteiger charge is -2.41. The molecule has 0 radical (unpaired) electrons. The van der Waals surface area contributed by atoms with Crippen molar-refractivity contribution in [3.63, 3.8) is 0 Å². The minimum atomic E-state index is 0.177. The maximum absolute atomic E-state index is 8.98. The smallest absolute Gasteiger partial charge is 0.172 e. The van der Waals surface area contributed by atoms with Gasteiger partial charge >= 0.3 is 0 Å². The first kappa shape index (κ1) is 14.7. The lowest BCUT2D eigenvalue weighted by Crippen LogP contribution is -2.51. The molecule has 1 unspecified atom stereocenters. The first-order valence-corrected chi connectivity index (χ1v) is 7.11. The molecule has 0 bridgehead atoms. The minimum Gasteiger partial charge on any atom is -0.409 e. The van der Waals surface area contributed by atoms with Gasteiger partial charge in [-0.2, -0.15) is 0 Å². The molecular weight excluding hydrogens is 252 g/mol. The Labute approximate surface area is 120 Å². The summed E-state index contributed by atoms with van der Waals surface area (Å²) in [5, 5.41) is 12.1. The molecule has 110 valence electrons. The van der Waals surface area contributed by atoms with Gasteiger partial charge in [0.25, 0.3) is 0 Å². The van der Waals surface area contributed by atoms with Crippen molar-refractivity contribution >= 4 is 11.5 Å². The summed E-state index contributed by atoms with van der Waals surface area (Å²) in [7, 11) is 2.17. The zero-order valence-corrected chi connectivity index (χ0v) is 12.5. The zero-order chi connectivity index (χ0) is 14.7. The van der Waals surface area contributed by atoms with Gasteiger partial charge in [0, 0.05) is 31.2 Å². The monoisotopic (exact) mass is 276 g/mol. The maximum Gasteiger partial charge on any atom is 0.172 e. The van der Waals surface area contributed by atoms with Gasteiger partial charge in [-0.25, -0.2) is 0 Å². The van der Waals surface area contributed by atoms with Crippen LogP contribution in [0.4, 0.5) is 5.69 Å². The molecule has 1 saturated heterocycles. The second-order valence-electron chi connectivity index (χ2n) is 5.45. The number of benzene rings is 1. The molecule has 0 saturated carbocycles. The van der Waals surface area contributed by atoms with Crippen molar-refractivity contribution in [2.24, 2.45) is 10.9 Å². The van der Waals surface area contributed by atoms with E-state index in [1.807, 2.05) is 12.1 Å². The number of piperazine rings is 1. The Morgan fingerprint density at radius 3 is 2.85 bits per heavy atom. The summed E-state index contributed by atoms with van der Waals surface area (Å²) in [5.41, 5.74) is 8.89. The summed E-state index contributed by atoms with van der Waals surface area (Å²) in [6, 6.07) is 6.47. The standard InChI is InChI=1S/C15H24N4O/c1-4-12-10-19(9-8-18(12)3)14-11(2)6-5-7-13(14)15(16)17-20/h5-7,12,20H,4,8-10H2,1-3H3,(H2,16,17). The Kier molecular flexibility index (Phi) is 4.49.